The molecule has 0 amide bonds. The predicted octanol–water partition coefficient (Wildman–Crippen LogP) is 1.94. The van der Waals surface area contributed by atoms with Crippen LogP contribution < -0.4 is 10.1 Å². The van der Waals surface area contributed by atoms with Crippen molar-refractivity contribution in [3.8, 4) is 5.88 Å². The summed E-state index contributed by atoms with van der Waals surface area (Å²) in [6.07, 6.45) is 3.94. The first kappa shape index (κ1) is 11.3. The standard InChI is InChI=1S/C12H19N3O/c1-3-13-12(9-5-4-6-9)10-7-8-11(16-2)15-14-10/h7-9,12-13H,3-6H2,1-2H3. The van der Waals surface area contributed by atoms with E-state index in [4.69, 9.17) is 4.74 Å². The number of nitrogens with zero attached hydrogens (tertiary/aromatic N) is 2. The molecule has 1 heterocycles. The molecule has 0 aliphatic heterocycles. The molecule has 1 unspecified atom stereocenters. The molecule has 0 aromatic carbocycles. The third kappa shape index (κ3) is 2.32. The van der Waals surface area contributed by atoms with Crippen LogP contribution in [0.1, 0.15) is 37.9 Å². The molecule has 1 fully saturated rings. The summed E-state index contributed by atoms with van der Waals surface area (Å²) in [6.45, 7) is 3.09. The van der Waals surface area contributed by atoms with Gasteiger partial charge in [-0.1, -0.05) is 13.3 Å². The average Bonchev–Trinajstić information content (AvgIpc) is 2.26. The van der Waals surface area contributed by atoms with Crippen LogP contribution in [0.25, 0.3) is 0 Å². The van der Waals surface area contributed by atoms with Crippen LogP contribution in [0.3, 0.4) is 0 Å². The molecule has 16 heavy (non-hydrogen) atoms. The Labute approximate surface area is 96.4 Å². The van der Waals surface area contributed by atoms with Gasteiger partial charge in [0.1, 0.15) is 0 Å². The van der Waals surface area contributed by atoms with Gasteiger partial charge in [0.2, 0.25) is 5.88 Å². The van der Waals surface area contributed by atoms with Crippen molar-refractivity contribution in [2.24, 2.45) is 5.92 Å². The van der Waals surface area contributed by atoms with Crippen molar-refractivity contribution in [3.63, 3.8) is 0 Å². The monoisotopic (exact) mass is 221 g/mol. The zero-order chi connectivity index (χ0) is 11.4. The second kappa shape index (κ2) is 5.25. The Morgan fingerprint density at radius 3 is 2.69 bits per heavy atom. The third-order valence-corrected chi connectivity index (χ3v) is 3.23. The highest BCUT2D eigenvalue weighted by atomic mass is 16.5. The van der Waals surface area contributed by atoms with Crippen molar-refractivity contribution in [2.45, 2.75) is 32.2 Å². The number of ether oxygens (including phenoxy) is 1. The number of nitrogens with one attached hydrogen (secondary N) is 1. The zero-order valence-corrected chi connectivity index (χ0v) is 9.94. The SMILES string of the molecule is CCNC(c1ccc(OC)nn1)C1CCC1. The van der Waals surface area contributed by atoms with Crippen molar-refractivity contribution in [1.82, 2.24) is 15.5 Å². The fourth-order valence-electron chi connectivity index (χ4n) is 2.11. The molecule has 1 aliphatic rings. The highest BCUT2D eigenvalue weighted by molar-refractivity contribution is 5.15. The van der Waals surface area contributed by atoms with Crippen molar-refractivity contribution in [3.05, 3.63) is 17.8 Å². The van der Waals surface area contributed by atoms with Gasteiger partial charge in [-0.3, -0.25) is 0 Å². The molecule has 1 atom stereocenters. The quantitative estimate of drug-likeness (QED) is 0.825. The largest absolute Gasteiger partial charge is 0.480 e. The topological polar surface area (TPSA) is 47.0 Å². The number of rotatable bonds is 5. The van der Waals surface area contributed by atoms with E-state index in [9.17, 15) is 0 Å². The summed E-state index contributed by atoms with van der Waals surface area (Å²) in [7, 11) is 1.61. The molecule has 1 aromatic rings. The van der Waals surface area contributed by atoms with Crippen molar-refractivity contribution in [2.75, 3.05) is 13.7 Å². The van der Waals surface area contributed by atoms with Gasteiger partial charge < -0.3 is 10.1 Å². The van der Waals surface area contributed by atoms with E-state index in [1.165, 1.54) is 19.3 Å². The van der Waals surface area contributed by atoms with E-state index in [-0.39, 0.29) is 0 Å². The van der Waals surface area contributed by atoms with Gasteiger partial charge in [0, 0.05) is 6.07 Å². The van der Waals surface area contributed by atoms with E-state index in [1.54, 1.807) is 7.11 Å². The maximum absolute atomic E-state index is 5.02. The summed E-state index contributed by atoms with van der Waals surface area (Å²) < 4.78 is 5.02. The van der Waals surface area contributed by atoms with Gasteiger partial charge in [-0.15, -0.1) is 5.10 Å². The molecular weight excluding hydrogens is 202 g/mol. The lowest BCUT2D eigenvalue weighted by molar-refractivity contribution is 0.228. The van der Waals surface area contributed by atoms with Crippen LogP contribution in [0, 0.1) is 5.92 Å². The summed E-state index contributed by atoms with van der Waals surface area (Å²) in [6, 6.07) is 4.25. The number of methoxy groups -OCH3 is 1. The van der Waals surface area contributed by atoms with Crippen LogP contribution in [-0.2, 0) is 0 Å². The van der Waals surface area contributed by atoms with Crippen LogP contribution in [0.15, 0.2) is 12.1 Å². The van der Waals surface area contributed by atoms with Crippen molar-refractivity contribution >= 4 is 0 Å². The normalized spacial score (nSPS) is 17.9. The van der Waals surface area contributed by atoms with Crippen molar-refractivity contribution < 1.29 is 4.74 Å². The molecule has 4 nitrogen and oxygen atoms in total. The van der Waals surface area contributed by atoms with Crippen LogP contribution in [0.2, 0.25) is 0 Å². The predicted molar refractivity (Wildman–Crippen MR) is 62.3 cm³/mol. The first-order valence-corrected chi connectivity index (χ1v) is 5.96. The highest BCUT2D eigenvalue weighted by Gasteiger charge is 2.28. The van der Waals surface area contributed by atoms with Crippen LogP contribution in [-0.4, -0.2) is 23.9 Å². The molecule has 1 aromatic heterocycles. The minimum Gasteiger partial charge on any atom is -0.480 e. The molecule has 88 valence electrons. The summed E-state index contributed by atoms with van der Waals surface area (Å²) in [5.41, 5.74) is 1.03. The van der Waals surface area contributed by atoms with E-state index in [0.717, 1.165) is 18.2 Å². The van der Waals surface area contributed by atoms with Gasteiger partial charge in [0.25, 0.3) is 0 Å². The minimum absolute atomic E-state index is 0.358. The van der Waals surface area contributed by atoms with Crippen molar-refractivity contribution in [1.29, 1.82) is 0 Å². The summed E-state index contributed by atoms with van der Waals surface area (Å²) in [5.74, 6) is 1.30. The van der Waals surface area contributed by atoms with E-state index in [2.05, 4.69) is 22.4 Å². The number of hydrogen-bond acceptors (Lipinski definition) is 4. The summed E-state index contributed by atoms with van der Waals surface area (Å²) >= 11 is 0. The Hall–Kier alpha value is -1.16. The lowest BCUT2D eigenvalue weighted by atomic mass is 9.78. The minimum atomic E-state index is 0.358. The molecule has 0 radical (unpaired) electrons. The third-order valence-electron chi connectivity index (χ3n) is 3.23. The maximum atomic E-state index is 5.02. The van der Waals surface area contributed by atoms with Gasteiger partial charge in [0.05, 0.1) is 18.8 Å². The van der Waals surface area contributed by atoms with Gasteiger partial charge >= 0.3 is 0 Å². The Morgan fingerprint density at radius 1 is 1.44 bits per heavy atom. The molecule has 4 heteroatoms. The van der Waals surface area contributed by atoms with Gasteiger partial charge in [-0.25, -0.2) is 0 Å². The lowest BCUT2D eigenvalue weighted by Crippen LogP contribution is -2.32. The van der Waals surface area contributed by atoms with Gasteiger partial charge in [0.15, 0.2) is 0 Å². The lowest BCUT2D eigenvalue weighted by Gasteiger charge is -2.33. The zero-order valence-electron chi connectivity index (χ0n) is 9.94. The molecule has 1 N–H and O–H groups in total. The molecule has 0 saturated heterocycles. The smallest absolute Gasteiger partial charge is 0.233 e. The van der Waals surface area contributed by atoms with E-state index in [0.29, 0.717) is 11.9 Å². The molecule has 2 rings (SSSR count). The van der Waals surface area contributed by atoms with Gasteiger partial charge in [-0.05, 0) is 31.4 Å². The fraction of sp³-hybridized carbons (Fsp3) is 0.667. The van der Waals surface area contributed by atoms with Crippen LogP contribution in [0.4, 0.5) is 0 Å². The Balaban J connectivity index is 2.10. The average molecular weight is 221 g/mol. The second-order valence-corrected chi connectivity index (χ2v) is 4.23. The molecular formula is C12H19N3O. The van der Waals surface area contributed by atoms with Gasteiger partial charge in [-0.2, -0.15) is 5.10 Å². The number of hydrogen-bond donors (Lipinski definition) is 1. The fourth-order valence-corrected chi connectivity index (χ4v) is 2.11. The second-order valence-electron chi connectivity index (χ2n) is 4.23. The van der Waals surface area contributed by atoms with Crippen LogP contribution in [0.5, 0.6) is 5.88 Å². The summed E-state index contributed by atoms with van der Waals surface area (Å²) in [5, 5.41) is 11.8. The Bertz CT molecular complexity index is 322. The van der Waals surface area contributed by atoms with E-state index >= 15 is 0 Å². The van der Waals surface area contributed by atoms with E-state index in [1.807, 2.05) is 12.1 Å². The Kier molecular flexibility index (Phi) is 3.72. The molecule has 0 spiro atoms. The molecule has 0 bridgehead atoms. The first-order valence-electron chi connectivity index (χ1n) is 5.96. The molecule has 1 saturated carbocycles. The maximum Gasteiger partial charge on any atom is 0.233 e. The number of aromatic nitrogens is 2. The highest BCUT2D eigenvalue weighted by Crippen LogP contribution is 2.36. The van der Waals surface area contributed by atoms with E-state index < -0.39 is 0 Å². The molecule has 1 aliphatic carbocycles. The Morgan fingerprint density at radius 2 is 2.25 bits per heavy atom. The van der Waals surface area contributed by atoms with Crippen LogP contribution >= 0.6 is 0 Å². The summed E-state index contributed by atoms with van der Waals surface area (Å²) in [4.78, 5) is 0. The first-order chi connectivity index (χ1) is 7.85.